The van der Waals surface area contributed by atoms with Gasteiger partial charge in [-0.1, -0.05) is 48.0 Å². The van der Waals surface area contributed by atoms with Crippen molar-refractivity contribution in [2.24, 2.45) is 0 Å². The summed E-state index contributed by atoms with van der Waals surface area (Å²) in [5.41, 5.74) is 2.02. The Morgan fingerprint density at radius 3 is 2.24 bits per heavy atom. The summed E-state index contributed by atoms with van der Waals surface area (Å²) in [5, 5.41) is 2.88. The molecule has 0 aliphatic carbocycles. The summed E-state index contributed by atoms with van der Waals surface area (Å²) in [4.78, 5) is 13.1. The number of sulfonamides is 1. The second-order valence-corrected chi connectivity index (χ2v) is 10.5. The minimum atomic E-state index is -4.00. The van der Waals surface area contributed by atoms with E-state index in [4.69, 9.17) is 4.74 Å². The van der Waals surface area contributed by atoms with Crippen LogP contribution in [0.15, 0.2) is 82.2 Å². The van der Waals surface area contributed by atoms with Gasteiger partial charge in [-0.3, -0.25) is 9.10 Å². The molecule has 3 aromatic rings. The highest BCUT2D eigenvalue weighted by Gasteiger charge is 2.27. The van der Waals surface area contributed by atoms with Crippen molar-refractivity contribution in [1.29, 1.82) is 0 Å². The summed E-state index contributed by atoms with van der Waals surface area (Å²) in [6.45, 7) is 6.07. The van der Waals surface area contributed by atoms with Gasteiger partial charge in [0.05, 0.1) is 17.2 Å². The van der Waals surface area contributed by atoms with Gasteiger partial charge in [-0.2, -0.15) is 0 Å². The van der Waals surface area contributed by atoms with Gasteiger partial charge in [0, 0.05) is 10.2 Å². The zero-order valence-corrected chi connectivity index (χ0v) is 21.2. The molecule has 0 radical (unpaired) electrons. The largest absolute Gasteiger partial charge is 0.494 e. The molecular formula is C25H27BrN2O4S. The maximum atomic E-state index is 13.5. The minimum Gasteiger partial charge on any atom is -0.494 e. The predicted octanol–water partition coefficient (Wildman–Crippen LogP) is 5.81. The molecule has 0 aromatic heterocycles. The average molecular weight is 531 g/mol. The van der Waals surface area contributed by atoms with Gasteiger partial charge in [-0.05, 0) is 73.0 Å². The third-order valence-corrected chi connectivity index (χ3v) is 7.30. The van der Waals surface area contributed by atoms with E-state index in [-0.39, 0.29) is 17.4 Å². The number of benzene rings is 3. The van der Waals surface area contributed by atoms with E-state index in [1.165, 1.54) is 12.1 Å². The van der Waals surface area contributed by atoms with E-state index in [0.29, 0.717) is 23.7 Å². The van der Waals surface area contributed by atoms with Crippen LogP contribution >= 0.6 is 15.9 Å². The van der Waals surface area contributed by atoms with Crippen LogP contribution in [0.4, 0.5) is 11.4 Å². The Bertz CT molecular complexity index is 1190. The fraction of sp³-hybridized carbons (Fsp3) is 0.240. The van der Waals surface area contributed by atoms with Gasteiger partial charge in [0.1, 0.15) is 12.3 Å². The van der Waals surface area contributed by atoms with Gasteiger partial charge < -0.3 is 10.1 Å². The Balaban J connectivity index is 1.95. The van der Waals surface area contributed by atoms with Gasteiger partial charge in [0.2, 0.25) is 5.91 Å². The summed E-state index contributed by atoms with van der Waals surface area (Å²) in [6.07, 6.45) is 0. The summed E-state index contributed by atoms with van der Waals surface area (Å²) < 4.78 is 34.4. The van der Waals surface area contributed by atoms with Gasteiger partial charge in [0.15, 0.2) is 0 Å². The Morgan fingerprint density at radius 1 is 1.00 bits per heavy atom. The van der Waals surface area contributed by atoms with Crippen molar-refractivity contribution >= 4 is 43.2 Å². The van der Waals surface area contributed by atoms with Gasteiger partial charge in [0.25, 0.3) is 10.0 Å². The van der Waals surface area contributed by atoms with Crippen molar-refractivity contribution in [3.8, 4) is 5.75 Å². The summed E-state index contributed by atoms with van der Waals surface area (Å²) in [5.74, 6) is 0.394. The van der Waals surface area contributed by atoms with Gasteiger partial charge in [-0.25, -0.2) is 8.42 Å². The molecule has 0 aliphatic heterocycles. The Morgan fingerprint density at radius 2 is 1.64 bits per heavy atom. The lowest BCUT2D eigenvalue weighted by Gasteiger charge is -2.25. The molecule has 3 rings (SSSR count). The van der Waals surface area contributed by atoms with E-state index >= 15 is 0 Å². The van der Waals surface area contributed by atoms with E-state index in [2.05, 4.69) is 21.2 Å². The zero-order chi connectivity index (χ0) is 24.0. The topological polar surface area (TPSA) is 75.7 Å². The van der Waals surface area contributed by atoms with Crippen molar-refractivity contribution in [2.45, 2.75) is 31.6 Å². The molecule has 174 valence electrons. The third-order valence-electron chi connectivity index (χ3n) is 4.98. The fourth-order valence-corrected chi connectivity index (χ4v) is 5.04. The van der Waals surface area contributed by atoms with Crippen LogP contribution in [-0.2, 0) is 14.8 Å². The number of carbonyl (C=O) groups excluding carboxylic acids is 1. The Hall–Kier alpha value is -2.84. The average Bonchev–Trinajstić information content (AvgIpc) is 2.79. The Labute approximate surface area is 203 Å². The first kappa shape index (κ1) is 24.8. The number of nitrogens with zero attached hydrogens (tertiary/aromatic N) is 1. The second-order valence-electron chi connectivity index (χ2n) is 7.68. The van der Waals surface area contributed by atoms with Crippen LogP contribution in [0.5, 0.6) is 5.75 Å². The van der Waals surface area contributed by atoms with Gasteiger partial charge in [-0.15, -0.1) is 0 Å². The van der Waals surface area contributed by atoms with Crippen LogP contribution in [0.3, 0.4) is 0 Å². The Kier molecular flexibility index (Phi) is 8.15. The molecule has 0 saturated carbocycles. The SMILES string of the molecule is CCOc1ccc(N(CC(=O)Nc2ccccc2C(C)C)S(=O)(=O)c2ccc(Br)cc2)cc1. The lowest BCUT2D eigenvalue weighted by Crippen LogP contribution is -2.38. The summed E-state index contributed by atoms with van der Waals surface area (Å²) >= 11 is 3.33. The van der Waals surface area contributed by atoms with Crippen molar-refractivity contribution in [2.75, 3.05) is 22.8 Å². The summed E-state index contributed by atoms with van der Waals surface area (Å²) in [7, 11) is -4.00. The molecule has 0 saturated heterocycles. The number of hydrogen-bond acceptors (Lipinski definition) is 4. The van der Waals surface area contributed by atoms with Crippen LogP contribution in [0.2, 0.25) is 0 Å². The number of nitrogens with one attached hydrogen (secondary N) is 1. The van der Waals surface area contributed by atoms with Crippen LogP contribution in [0.25, 0.3) is 0 Å². The molecule has 0 unspecified atom stereocenters. The normalized spacial score (nSPS) is 11.3. The van der Waals surface area contributed by atoms with Crippen molar-refractivity contribution in [3.05, 3.63) is 82.8 Å². The molecule has 0 heterocycles. The number of anilines is 2. The molecule has 0 bridgehead atoms. The second kappa shape index (κ2) is 10.9. The third kappa shape index (κ3) is 6.15. The number of carbonyl (C=O) groups is 1. The molecule has 3 aromatic carbocycles. The number of amides is 1. The monoisotopic (exact) mass is 530 g/mol. The molecule has 0 aliphatic rings. The number of ether oxygens (including phenoxy) is 1. The number of rotatable bonds is 9. The first-order valence-corrected chi connectivity index (χ1v) is 12.9. The fourth-order valence-electron chi connectivity index (χ4n) is 3.36. The molecule has 8 heteroatoms. The highest BCUT2D eigenvalue weighted by molar-refractivity contribution is 9.10. The van der Waals surface area contributed by atoms with E-state index < -0.39 is 15.9 Å². The number of para-hydroxylation sites is 1. The maximum absolute atomic E-state index is 13.5. The molecule has 1 N–H and O–H groups in total. The number of hydrogen-bond donors (Lipinski definition) is 1. The van der Waals surface area contributed by atoms with E-state index in [9.17, 15) is 13.2 Å². The van der Waals surface area contributed by atoms with Crippen LogP contribution in [-0.4, -0.2) is 27.5 Å². The number of halogens is 1. The molecule has 0 atom stereocenters. The highest BCUT2D eigenvalue weighted by Crippen LogP contribution is 2.28. The lowest BCUT2D eigenvalue weighted by molar-refractivity contribution is -0.114. The van der Waals surface area contributed by atoms with Crippen LogP contribution in [0.1, 0.15) is 32.3 Å². The first-order chi connectivity index (χ1) is 15.7. The lowest BCUT2D eigenvalue weighted by atomic mass is 10.0. The predicted molar refractivity (Wildman–Crippen MR) is 135 cm³/mol. The molecular weight excluding hydrogens is 504 g/mol. The quantitative estimate of drug-likeness (QED) is 0.379. The minimum absolute atomic E-state index is 0.0926. The summed E-state index contributed by atoms with van der Waals surface area (Å²) in [6, 6.07) is 20.5. The van der Waals surface area contributed by atoms with Crippen molar-refractivity contribution < 1.29 is 17.9 Å². The maximum Gasteiger partial charge on any atom is 0.264 e. The van der Waals surface area contributed by atoms with Crippen molar-refractivity contribution in [1.82, 2.24) is 0 Å². The van der Waals surface area contributed by atoms with E-state index in [0.717, 1.165) is 14.3 Å². The standard InChI is InChI=1S/C25H27BrN2O4S/c1-4-32-21-13-11-20(12-14-21)28(33(30,31)22-15-9-19(26)10-16-22)17-25(29)27-24-8-6-5-7-23(24)18(2)3/h5-16,18H,4,17H2,1-3H3,(H,27,29). The molecule has 0 spiro atoms. The molecule has 6 nitrogen and oxygen atoms in total. The van der Waals surface area contributed by atoms with Gasteiger partial charge >= 0.3 is 0 Å². The van der Waals surface area contributed by atoms with Crippen molar-refractivity contribution in [3.63, 3.8) is 0 Å². The molecule has 1 amide bonds. The highest BCUT2D eigenvalue weighted by atomic mass is 79.9. The first-order valence-electron chi connectivity index (χ1n) is 10.6. The van der Waals surface area contributed by atoms with E-state index in [1.807, 2.05) is 45.0 Å². The molecule has 33 heavy (non-hydrogen) atoms. The molecule has 0 fully saturated rings. The van der Waals surface area contributed by atoms with E-state index in [1.54, 1.807) is 36.4 Å². The van der Waals surface area contributed by atoms with Crippen LogP contribution < -0.4 is 14.4 Å². The van der Waals surface area contributed by atoms with Crippen LogP contribution in [0, 0.1) is 0 Å². The smallest absolute Gasteiger partial charge is 0.264 e. The zero-order valence-electron chi connectivity index (χ0n) is 18.8.